The zero-order valence-electron chi connectivity index (χ0n) is 19.6. The molecule has 6 aromatic rings. The molecule has 0 N–H and O–H groups in total. The SMILES string of the molecule is C/C(=N/N=c1\sc(C(=O)c2ccc3ccccc3c2)nn1-c1ccccc1)c1cc2cc(Br)ccc2o1. The lowest BCUT2D eigenvalue weighted by atomic mass is 10.0. The van der Waals surface area contributed by atoms with Crippen LogP contribution >= 0.6 is 27.3 Å². The van der Waals surface area contributed by atoms with Crippen LogP contribution in [0, 0.1) is 0 Å². The standard InChI is InChI=1S/C29H19BrN4O2S/c1-18(26-17-22-16-23(30)13-14-25(22)36-26)31-32-29-34(24-9-3-2-4-10-24)33-28(37-29)27(35)21-12-11-19-7-5-6-8-20(19)15-21/h2-17H,1H3/b31-18-,32-29-. The number of para-hydroxylation sites is 1. The van der Waals surface area contributed by atoms with Gasteiger partial charge >= 0.3 is 0 Å². The zero-order chi connectivity index (χ0) is 25.4. The van der Waals surface area contributed by atoms with Gasteiger partial charge < -0.3 is 4.42 Å². The average Bonchev–Trinajstić information content (AvgIpc) is 3.56. The number of hydrogen-bond acceptors (Lipinski definition) is 6. The molecule has 0 spiro atoms. The normalized spacial score (nSPS) is 12.5. The molecule has 6 nitrogen and oxygen atoms in total. The molecule has 180 valence electrons. The molecule has 0 aliphatic rings. The lowest BCUT2D eigenvalue weighted by molar-refractivity contribution is 0.103. The van der Waals surface area contributed by atoms with Gasteiger partial charge in [0.2, 0.25) is 10.6 Å². The average molecular weight is 567 g/mol. The summed E-state index contributed by atoms with van der Waals surface area (Å²) < 4.78 is 8.56. The molecule has 0 saturated heterocycles. The van der Waals surface area contributed by atoms with Crippen LogP contribution in [0.2, 0.25) is 0 Å². The summed E-state index contributed by atoms with van der Waals surface area (Å²) in [5, 5.41) is 16.9. The lowest BCUT2D eigenvalue weighted by Crippen LogP contribution is -2.14. The molecule has 4 aromatic carbocycles. The van der Waals surface area contributed by atoms with Crippen LogP contribution in [0.4, 0.5) is 0 Å². The Morgan fingerprint density at radius 3 is 2.51 bits per heavy atom. The Hall–Kier alpha value is -4.14. The van der Waals surface area contributed by atoms with Gasteiger partial charge in [0.25, 0.3) is 0 Å². The quantitative estimate of drug-likeness (QED) is 0.126. The predicted molar refractivity (Wildman–Crippen MR) is 151 cm³/mol. The minimum absolute atomic E-state index is 0.162. The summed E-state index contributed by atoms with van der Waals surface area (Å²) in [5.41, 5.74) is 2.75. The third kappa shape index (κ3) is 4.69. The molecule has 0 atom stereocenters. The minimum atomic E-state index is -0.162. The van der Waals surface area contributed by atoms with Gasteiger partial charge in [-0.1, -0.05) is 81.9 Å². The Labute approximate surface area is 224 Å². The van der Waals surface area contributed by atoms with Crippen LogP contribution in [0.3, 0.4) is 0 Å². The first kappa shape index (κ1) is 23.3. The van der Waals surface area contributed by atoms with E-state index in [0.717, 1.165) is 31.9 Å². The smallest absolute Gasteiger partial charge is 0.233 e. The van der Waals surface area contributed by atoms with Crippen molar-refractivity contribution >= 4 is 60.5 Å². The van der Waals surface area contributed by atoms with Crippen molar-refractivity contribution in [1.82, 2.24) is 9.78 Å². The van der Waals surface area contributed by atoms with E-state index in [9.17, 15) is 4.79 Å². The summed E-state index contributed by atoms with van der Waals surface area (Å²) in [7, 11) is 0. The summed E-state index contributed by atoms with van der Waals surface area (Å²) in [6.45, 7) is 1.84. The van der Waals surface area contributed by atoms with Crippen molar-refractivity contribution in [1.29, 1.82) is 0 Å². The summed E-state index contributed by atoms with van der Waals surface area (Å²) in [5.74, 6) is 0.463. The van der Waals surface area contributed by atoms with Gasteiger partial charge in [0, 0.05) is 15.4 Å². The second-order valence-electron chi connectivity index (χ2n) is 8.41. The zero-order valence-corrected chi connectivity index (χ0v) is 22.0. The van der Waals surface area contributed by atoms with Gasteiger partial charge in [0.1, 0.15) is 11.3 Å². The number of nitrogens with zero attached hydrogens (tertiary/aromatic N) is 4. The predicted octanol–water partition coefficient (Wildman–Crippen LogP) is 7.15. The Morgan fingerprint density at radius 1 is 0.892 bits per heavy atom. The van der Waals surface area contributed by atoms with Gasteiger partial charge in [-0.25, -0.2) is 4.68 Å². The topological polar surface area (TPSA) is 72.8 Å². The molecule has 0 aliphatic carbocycles. The molecule has 0 bridgehead atoms. The van der Waals surface area contributed by atoms with E-state index in [0.29, 0.717) is 26.8 Å². The van der Waals surface area contributed by atoms with Gasteiger partial charge in [0.05, 0.1) is 5.69 Å². The largest absolute Gasteiger partial charge is 0.455 e. The van der Waals surface area contributed by atoms with Crippen molar-refractivity contribution in [2.45, 2.75) is 6.92 Å². The van der Waals surface area contributed by atoms with E-state index in [4.69, 9.17) is 4.42 Å². The highest BCUT2D eigenvalue weighted by Crippen LogP contribution is 2.24. The van der Waals surface area contributed by atoms with Crippen molar-refractivity contribution in [2.75, 3.05) is 0 Å². The highest BCUT2D eigenvalue weighted by Gasteiger charge is 2.17. The molecule has 6 rings (SSSR count). The molecule has 0 unspecified atom stereocenters. The minimum Gasteiger partial charge on any atom is -0.455 e. The number of hydrogen-bond donors (Lipinski definition) is 0. The number of aromatic nitrogens is 2. The number of carbonyl (C=O) groups excluding carboxylic acids is 1. The van der Waals surface area contributed by atoms with E-state index in [1.54, 1.807) is 4.68 Å². The molecule has 0 fully saturated rings. The summed E-state index contributed by atoms with van der Waals surface area (Å²) in [6, 6.07) is 31.0. The van der Waals surface area contributed by atoms with E-state index < -0.39 is 0 Å². The van der Waals surface area contributed by atoms with Crippen LogP contribution in [-0.2, 0) is 0 Å². The third-order valence-electron chi connectivity index (χ3n) is 5.89. The van der Waals surface area contributed by atoms with Crippen LogP contribution in [0.25, 0.3) is 27.4 Å². The second kappa shape index (κ2) is 9.72. The number of carbonyl (C=O) groups is 1. The summed E-state index contributed by atoms with van der Waals surface area (Å²) in [6.07, 6.45) is 0. The summed E-state index contributed by atoms with van der Waals surface area (Å²) >= 11 is 4.69. The molecular weight excluding hydrogens is 548 g/mol. The first-order valence-electron chi connectivity index (χ1n) is 11.5. The molecule has 2 aromatic heterocycles. The number of furan rings is 1. The number of benzene rings is 4. The van der Waals surface area contributed by atoms with Crippen molar-refractivity contribution in [3.8, 4) is 5.69 Å². The Kier molecular flexibility index (Phi) is 6.12. The fourth-order valence-electron chi connectivity index (χ4n) is 3.99. The fraction of sp³-hybridized carbons (Fsp3) is 0.0345. The monoisotopic (exact) mass is 566 g/mol. The molecule has 0 radical (unpaired) electrons. The molecule has 8 heteroatoms. The maximum atomic E-state index is 13.4. The highest BCUT2D eigenvalue weighted by molar-refractivity contribution is 9.10. The number of rotatable bonds is 5. The number of ketones is 1. The number of fused-ring (bicyclic) bond motifs is 2. The third-order valence-corrected chi connectivity index (χ3v) is 7.28. The van der Waals surface area contributed by atoms with E-state index >= 15 is 0 Å². The van der Waals surface area contributed by atoms with Crippen molar-refractivity contribution < 1.29 is 9.21 Å². The van der Waals surface area contributed by atoms with Crippen molar-refractivity contribution in [3.63, 3.8) is 0 Å². The second-order valence-corrected chi connectivity index (χ2v) is 10.3. The van der Waals surface area contributed by atoms with Gasteiger partial charge in [0.15, 0.2) is 10.8 Å². The van der Waals surface area contributed by atoms with Gasteiger partial charge in [-0.15, -0.1) is 10.2 Å². The maximum absolute atomic E-state index is 13.4. The molecule has 0 amide bonds. The Bertz CT molecular complexity index is 1880. The van der Waals surface area contributed by atoms with Gasteiger partial charge in [-0.2, -0.15) is 5.10 Å². The fourth-order valence-corrected chi connectivity index (χ4v) is 5.19. The van der Waals surface area contributed by atoms with Crippen LogP contribution in [-0.4, -0.2) is 21.3 Å². The first-order chi connectivity index (χ1) is 18.0. The molecular formula is C29H19BrN4O2S. The van der Waals surface area contributed by atoms with Crippen LogP contribution in [0.1, 0.15) is 28.0 Å². The van der Waals surface area contributed by atoms with Crippen LogP contribution in [0.5, 0.6) is 0 Å². The highest BCUT2D eigenvalue weighted by atomic mass is 79.9. The van der Waals surface area contributed by atoms with Crippen molar-refractivity contribution in [2.24, 2.45) is 10.2 Å². The van der Waals surface area contributed by atoms with E-state index in [1.807, 2.05) is 104 Å². The molecule has 37 heavy (non-hydrogen) atoms. The first-order valence-corrected chi connectivity index (χ1v) is 13.1. The van der Waals surface area contributed by atoms with E-state index in [1.165, 1.54) is 11.3 Å². The molecule has 0 saturated carbocycles. The molecule has 0 aliphatic heterocycles. The van der Waals surface area contributed by atoms with Crippen molar-refractivity contribution in [3.05, 3.63) is 123 Å². The Morgan fingerprint density at radius 2 is 1.68 bits per heavy atom. The number of halogens is 1. The summed E-state index contributed by atoms with van der Waals surface area (Å²) in [4.78, 5) is 13.9. The Balaban J connectivity index is 1.42. The lowest BCUT2D eigenvalue weighted by Gasteiger charge is -2.01. The van der Waals surface area contributed by atoms with Gasteiger partial charge in [-0.05, 0) is 60.2 Å². The van der Waals surface area contributed by atoms with Crippen LogP contribution in [0.15, 0.2) is 116 Å². The van der Waals surface area contributed by atoms with Gasteiger partial charge in [-0.3, -0.25) is 4.79 Å². The maximum Gasteiger partial charge on any atom is 0.233 e. The van der Waals surface area contributed by atoms with Crippen LogP contribution < -0.4 is 4.80 Å². The molecule has 2 heterocycles. The van der Waals surface area contributed by atoms with E-state index in [-0.39, 0.29) is 5.78 Å². The van der Waals surface area contributed by atoms with E-state index in [2.05, 4.69) is 31.2 Å².